The van der Waals surface area contributed by atoms with Crippen LogP contribution in [-0.4, -0.2) is 33.0 Å². The topological polar surface area (TPSA) is 74.1 Å². The number of halogens is 1. The van der Waals surface area contributed by atoms with Crippen LogP contribution in [0.3, 0.4) is 0 Å². The zero-order valence-corrected chi connectivity index (χ0v) is 22.4. The van der Waals surface area contributed by atoms with Gasteiger partial charge in [0.15, 0.2) is 5.17 Å². The molecule has 0 aliphatic carbocycles. The third-order valence-corrected chi connectivity index (χ3v) is 7.71. The Morgan fingerprint density at radius 2 is 1.76 bits per heavy atom. The van der Waals surface area contributed by atoms with Crippen LogP contribution in [0.25, 0.3) is 0 Å². The van der Waals surface area contributed by atoms with Crippen LogP contribution < -0.4 is 5.32 Å². The monoisotopic (exact) mass is 530 g/mol. The van der Waals surface area contributed by atoms with E-state index in [-0.39, 0.29) is 24.3 Å². The molecule has 2 aliphatic rings. The molecule has 2 heterocycles. The van der Waals surface area contributed by atoms with Gasteiger partial charge in [0.2, 0.25) is 5.91 Å². The normalized spacial score (nSPS) is 19.1. The number of benzene rings is 3. The number of hydrogen-bond acceptors (Lipinski definition) is 5. The lowest BCUT2D eigenvalue weighted by molar-refractivity contribution is -0.121. The first kappa shape index (κ1) is 25.2. The van der Waals surface area contributed by atoms with E-state index in [9.17, 15) is 9.59 Å². The predicted octanol–water partition coefficient (Wildman–Crippen LogP) is 6.44. The quantitative estimate of drug-likeness (QED) is 0.411. The molecule has 1 N–H and O–H groups in total. The van der Waals surface area contributed by atoms with Crippen molar-refractivity contribution in [2.24, 2.45) is 10.1 Å². The Morgan fingerprint density at radius 3 is 2.46 bits per heavy atom. The summed E-state index contributed by atoms with van der Waals surface area (Å²) >= 11 is 7.59. The summed E-state index contributed by atoms with van der Waals surface area (Å²) in [7, 11) is 0. The fourth-order valence-electron chi connectivity index (χ4n) is 4.61. The van der Waals surface area contributed by atoms with Crippen LogP contribution in [0.2, 0.25) is 5.02 Å². The molecule has 5 rings (SSSR count). The van der Waals surface area contributed by atoms with E-state index in [1.807, 2.05) is 68.2 Å². The van der Waals surface area contributed by atoms with Gasteiger partial charge in [-0.25, -0.2) is 5.01 Å². The Labute approximate surface area is 225 Å². The minimum Gasteiger partial charge on any atom is -0.326 e. The first-order valence-corrected chi connectivity index (χ1v) is 13.4. The minimum absolute atomic E-state index is 0.0354. The molecule has 188 valence electrons. The Bertz CT molecular complexity index is 1410. The van der Waals surface area contributed by atoms with Gasteiger partial charge < -0.3 is 5.32 Å². The van der Waals surface area contributed by atoms with Crippen LogP contribution in [0, 0.1) is 20.8 Å². The molecule has 0 saturated carbocycles. The van der Waals surface area contributed by atoms with Crippen molar-refractivity contribution in [3.8, 4) is 0 Å². The fourth-order valence-corrected chi connectivity index (χ4v) is 5.87. The average Bonchev–Trinajstić information content (AvgIpc) is 3.43. The Morgan fingerprint density at radius 1 is 1.03 bits per heavy atom. The van der Waals surface area contributed by atoms with Crippen molar-refractivity contribution in [1.29, 1.82) is 0 Å². The third-order valence-electron chi connectivity index (χ3n) is 6.33. The van der Waals surface area contributed by atoms with Crippen molar-refractivity contribution >= 4 is 51.7 Å². The highest BCUT2D eigenvalue weighted by atomic mass is 35.5. The first-order valence-electron chi connectivity index (χ1n) is 12.1. The first-order chi connectivity index (χ1) is 17.7. The van der Waals surface area contributed by atoms with Crippen molar-refractivity contribution in [3.63, 3.8) is 0 Å². The molecule has 6 nitrogen and oxygen atoms in total. The van der Waals surface area contributed by atoms with Gasteiger partial charge in [-0.05, 0) is 67.3 Å². The van der Waals surface area contributed by atoms with Gasteiger partial charge in [0, 0.05) is 23.6 Å². The standard InChI is InChI=1S/C29H27ClN4O2S/c1-17-7-9-20(10-8-17)24-15-25(21-5-4-6-22(30)14-21)34(33-24)29-32-28(36)26(37-29)16-27(35)31-23-12-18(2)11-19(3)13-23/h4-14,25-26H,15-16H2,1-3H3,(H,31,35)/t25-,26-/m1/s1. The van der Waals surface area contributed by atoms with Crippen molar-refractivity contribution in [2.45, 2.75) is 44.9 Å². The zero-order chi connectivity index (χ0) is 26.1. The van der Waals surface area contributed by atoms with Crippen LogP contribution in [0.15, 0.2) is 76.8 Å². The lowest BCUT2D eigenvalue weighted by Gasteiger charge is -2.23. The molecule has 0 fully saturated rings. The van der Waals surface area contributed by atoms with Crippen molar-refractivity contribution in [3.05, 3.63) is 99.6 Å². The lowest BCUT2D eigenvalue weighted by atomic mass is 9.98. The number of carbonyl (C=O) groups excluding carboxylic acids is 2. The molecular formula is C29H27ClN4O2S. The number of amides is 2. The zero-order valence-electron chi connectivity index (χ0n) is 20.9. The molecule has 0 bridgehead atoms. The van der Waals surface area contributed by atoms with Gasteiger partial charge in [0.1, 0.15) is 5.25 Å². The number of nitrogens with zero attached hydrogens (tertiary/aromatic N) is 3. The lowest BCUT2D eigenvalue weighted by Crippen LogP contribution is -2.25. The van der Waals surface area contributed by atoms with E-state index in [1.165, 1.54) is 17.3 Å². The summed E-state index contributed by atoms with van der Waals surface area (Å²) in [6.07, 6.45) is 0.683. The van der Waals surface area contributed by atoms with E-state index in [2.05, 4.69) is 34.6 Å². The molecule has 3 aromatic rings. The largest absolute Gasteiger partial charge is 0.326 e. The number of hydrazone groups is 1. The summed E-state index contributed by atoms with van der Waals surface area (Å²) in [6.45, 7) is 6.01. The molecule has 0 saturated heterocycles. The number of thioether (sulfide) groups is 1. The second-order valence-corrected chi connectivity index (χ2v) is 11.1. The molecule has 0 spiro atoms. The second-order valence-electron chi connectivity index (χ2n) is 9.50. The Hall–Kier alpha value is -3.42. The highest BCUT2D eigenvalue weighted by Crippen LogP contribution is 2.39. The van der Waals surface area contributed by atoms with Crippen LogP contribution >= 0.6 is 23.4 Å². The fraction of sp³-hybridized carbons (Fsp3) is 0.241. The van der Waals surface area contributed by atoms with Crippen LogP contribution in [0.4, 0.5) is 5.69 Å². The third kappa shape index (κ3) is 5.78. The summed E-state index contributed by atoms with van der Waals surface area (Å²) < 4.78 is 0. The number of amidine groups is 1. The molecule has 37 heavy (non-hydrogen) atoms. The van der Waals surface area contributed by atoms with E-state index >= 15 is 0 Å². The minimum atomic E-state index is -0.598. The van der Waals surface area contributed by atoms with Crippen molar-refractivity contribution in [1.82, 2.24) is 5.01 Å². The average molecular weight is 531 g/mol. The van der Waals surface area contributed by atoms with Gasteiger partial charge in [-0.15, -0.1) is 0 Å². The van der Waals surface area contributed by atoms with E-state index in [0.29, 0.717) is 16.6 Å². The Balaban J connectivity index is 1.35. The summed E-state index contributed by atoms with van der Waals surface area (Å²) in [5, 5.41) is 10.2. The number of aryl methyl sites for hydroxylation is 3. The van der Waals surface area contributed by atoms with Gasteiger partial charge >= 0.3 is 0 Å². The highest BCUT2D eigenvalue weighted by molar-refractivity contribution is 8.15. The molecule has 2 atom stereocenters. The maximum atomic E-state index is 12.8. The second kappa shape index (κ2) is 10.5. The summed E-state index contributed by atoms with van der Waals surface area (Å²) in [6, 6.07) is 21.6. The smallest absolute Gasteiger partial charge is 0.262 e. The van der Waals surface area contributed by atoms with Gasteiger partial charge in [-0.2, -0.15) is 10.1 Å². The van der Waals surface area contributed by atoms with Gasteiger partial charge in [0.05, 0.1) is 11.8 Å². The molecular weight excluding hydrogens is 504 g/mol. The van der Waals surface area contributed by atoms with Gasteiger partial charge in [0.25, 0.3) is 5.91 Å². The van der Waals surface area contributed by atoms with E-state index in [0.717, 1.165) is 33.7 Å². The van der Waals surface area contributed by atoms with Crippen LogP contribution in [0.1, 0.15) is 46.7 Å². The molecule has 0 aromatic heterocycles. The number of carbonyl (C=O) groups is 2. The van der Waals surface area contributed by atoms with E-state index in [4.69, 9.17) is 16.7 Å². The maximum absolute atomic E-state index is 12.8. The highest BCUT2D eigenvalue weighted by Gasteiger charge is 2.39. The molecule has 3 aromatic carbocycles. The van der Waals surface area contributed by atoms with E-state index < -0.39 is 5.25 Å². The summed E-state index contributed by atoms with van der Waals surface area (Å²) in [5.74, 6) is -0.539. The van der Waals surface area contributed by atoms with Crippen molar-refractivity contribution in [2.75, 3.05) is 5.32 Å². The number of anilines is 1. The summed E-state index contributed by atoms with van der Waals surface area (Å²) in [4.78, 5) is 29.9. The molecule has 0 unspecified atom stereocenters. The number of rotatable bonds is 5. The molecule has 8 heteroatoms. The molecule has 0 radical (unpaired) electrons. The van der Waals surface area contributed by atoms with E-state index in [1.54, 1.807) is 0 Å². The molecule has 2 aliphatic heterocycles. The molecule has 2 amide bonds. The number of hydrogen-bond donors (Lipinski definition) is 1. The Kier molecular flexibility index (Phi) is 7.17. The SMILES string of the molecule is Cc1ccc(C2=NN(C3=NC(=O)[C@@H](CC(=O)Nc4cc(C)cc(C)c4)S3)[C@@H](c3cccc(Cl)c3)C2)cc1. The van der Waals surface area contributed by atoms with Gasteiger partial charge in [-0.1, -0.05) is 71.4 Å². The predicted molar refractivity (Wildman–Crippen MR) is 151 cm³/mol. The maximum Gasteiger partial charge on any atom is 0.262 e. The number of nitrogens with one attached hydrogen (secondary N) is 1. The van der Waals surface area contributed by atoms with Gasteiger partial charge in [-0.3, -0.25) is 9.59 Å². The summed E-state index contributed by atoms with van der Waals surface area (Å²) in [5.41, 5.74) is 6.97. The van der Waals surface area contributed by atoms with Crippen LogP contribution in [0.5, 0.6) is 0 Å². The number of aliphatic imine (C=N–C) groups is 1. The van der Waals surface area contributed by atoms with Crippen LogP contribution in [-0.2, 0) is 9.59 Å². The van der Waals surface area contributed by atoms with Crippen molar-refractivity contribution < 1.29 is 9.59 Å².